The maximum absolute atomic E-state index is 9.71. The first-order chi connectivity index (χ1) is 10.0. The van der Waals surface area contributed by atoms with Crippen molar-refractivity contribution in [2.75, 3.05) is 6.61 Å². The number of benzene rings is 1. The molecule has 1 aromatic carbocycles. The minimum atomic E-state index is -1.53. The summed E-state index contributed by atoms with van der Waals surface area (Å²) in [6.45, 7) is -0.548. The number of aliphatic hydroxyl groups excluding tert-OH is 4. The van der Waals surface area contributed by atoms with Crippen molar-refractivity contribution in [3.8, 4) is 5.75 Å². The van der Waals surface area contributed by atoms with E-state index < -0.39 is 37.3 Å². The third-order valence-electron chi connectivity index (χ3n) is 3.14. The lowest BCUT2D eigenvalue weighted by Gasteiger charge is -2.38. The molecule has 0 spiro atoms. The van der Waals surface area contributed by atoms with E-state index in [0.29, 0.717) is 5.56 Å². The highest BCUT2D eigenvalue weighted by Gasteiger charge is 2.44. The highest BCUT2D eigenvalue weighted by Crippen LogP contribution is 2.22. The van der Waals surface area contributed by atoms with Gasteiger partial charge >= 0.3 is 0 Å². The van der Waals surface area contributed by atoms with Crippen molar-refractivity contribution in [1.82, 2.24) is 0 Å². The predicted octanol–water partition coefficient (Wildman–Crippen LogP) is -1.46. The zero-order chi connectivity index (χ0) is 15.4. The van der Waals surface area contributed by atoms with Gasteiger partial charge in [-0.25, -0.2) is 0 Å². The Morgan fingerprint density at radius 2 is 1.86 bits per heavy atom. The zero-order valence-corrected chi connectivity index (χ0v) is 11.0. The number of aromatic hydroxyl groups is 1. The van der Waals surface area contributed by atoms with E-state index in [9.17, 15) is 20.4 Å². The molecule has 8 nitrogen and oxygen atoms in total. The number of hydrogen-bond acceptors (Lipinski definition) is 8. The fourth-order valence-electron chi connectivity index (χ4n) is 1.90. The second-order valence-corrected chi connectivity index (χ2v) is 4.60. The van der Waals surface area contributed by atoms with Gasteiger partial charge in [0.15, 0.2) is 0 Å². The van der Waals surface area contributed by atoms with Crippen molar-refractivity contribution in [3.63, 3.8) is 0 Å². The molecule has 1 fully saturated rings. The third-order valence-corrected chi connectivity index (χ3v) is 3.14. The molecule has 1 heterocycles. The molecule has 0 amide bonds. The van der Waals surface area contributed by atoms with Gasteiger partial charge in [0, 0.05) is 5.56 Å². The van der Waals surface area contributed by atoms with Crippen LogP contribution in [0.2, 0.25) is 0 Å². The molecule has 1 saturated heterocycles. The van der Waals surface area contributed by atoms with Crippen LogP contribution in [0.15, 0.2) is 29.4 Å². The Morgan fingerprint density at radius 1 is 1.14 bits per heavy atom. The SMILES string of the molecule is OCC1O[C@@H](O/N=C/c2ccccc2O)C(O)[C@@H](O)C1O. The summed E-state index contributed by atoms with van der Waals surface area (Å²) in [7, 11) is 0. The molecule has 5 atom stereocenters. The van der Waals surface area contributed by atoms with Gasteiger partial charge in [-0.2, -0.15) is 0 Å². The summed E-state index contributed by atoms with van der Waals surface area (Å²) < 4.78 is 5.09. The molecule has 116 valence electrons. The first-order valence-electron chi connectivity index (χ1n) is 6.32. The van der Waals surface area contributed by atoms with Crippen LogP contribution in [0.5, 0.6) is 5.75 Å². The van der Waals surface area contributed by atoms with E-state index in [0.717, 1.165) is 0 Å². The fraction of sp³-hybridized carbons (Fsp3) is 0.462. The van der Waals surface area contributed by atoms with Crippen molar-refractivity contribution in [3.05, 3.63) is 29.8 Å². The molecule has 1 aliphatic rings. The Bertz CT molecular complexity index is 493. The van der Waals surface area contributed by atoms with Crippen molar-refractivity contribution in [2.24, 2.45) is 5.16 Å². The van der Waals surface area contributed by atoms with E-state index in [1.165, 1.54) is 12.3 Å². The van der Waals surface area contributed by atoms with Gasteiger partial charge in [-0.1, -0.05) is 17.3 Å². The normalized spacial score (nSPS) is 33.2. The molecule has 0 bridgehead atoms. The number of phenolic OH excluding ortho intramolecular Hbond substituents is 1. The highest BCUT2D eigenvalue weighted by molar-refractivity contribution is 5.82. The summed E-state index contributed by atoms with van der Waals surface area (Å²) >= 11 is 0. The van der Waals surface area contributed by atoms with Crippen molar-refractivity contribution in [2.45, 2.75) is 30.7 Å². The summed E-state index contributed by atoms with van der Waals surface area (Å²) in [6.07, 6.45) is -5.70. The first kappa shape index (κ1) is 15.7. The Labute approximate surface area is 120 Å². The minimum absolute atomic E-state index is 0.00125. The molecule has 3 unspecified atom stereocenters. The molecule has 0 saturated carbocycles. The lowest BCUT2D eigenvalue weighted by molar-refractivity contribution is -0.301. The van der Waals surface area contributed by atoms with Crippen LogP contribution in [0.4, 0.5) is 0 Å². The summed E-state index contributed by atoms with van der Waals surface area (Å²) in [6, 6.07) is 6.39. The predicted molar refractivity (Wildman–Crippen MR) is 70.6 cm³/mol. The van der Waals surface area contributed by atoms with Gasteiger partial charge in [0.2, 0.25) is 0 Å². The molecule has 0 radical (unpaired) electrons. The van der Waals surface area contributed by atoms with Crippen molar-refractivity contribution < 1.29 is 35.1 Å². The molecular weight excluding hydrogens is 282 g/mol. The number of aliphatic hydroxyl groups is 4. The van der Waals surface area contributed by atoms with Gasteiger partial charge in [-0.05, 0) is 12.1 Å². The van der Waals surface area contributed by atoms with Gasteiger partial charge in [-0.15, -0.1) is 0 Å². The largest absolute Gasteiger partial charge is 0.507 e. The highest BCUT2D eigenvalue weighted by atomic mass is 16.8. The lowest BCUT2D eigenvalue weighted by Crippen LogP contribution is -2.58. The van der Waals surface area contributed by atoms with Crippen LogP contribution < -0.4 is 0 Å². The minimum Gasteiger partial charge on any atom is -0.507 e. The van der Waals surface area contributed by atoms with E-state index in [1.54, 1.807) is 18.2 Å². The van der Waals surface area contributed by atoms with Crippen molar-refractivity contribution >= 4 is 6.21 Å². The van der Waals surface area contributed by atoms with E-state index in [4.69, 9.17) is 14.7 Å². The second kappa shape index (κ2) is 6.83. The Morgan fingerprint density at radius 3 is 2.52 bits per heavy atom. The molecular formula is C13H17NO7. The van der Waals surface area contributed by atoms with E-state index in [1.807, 2.05) is 0 Å². The molecule has 8 heteroatoms. The van der Waals surface area contributed by atoms with Crippen molar-refractivity contribution in [1.29, 1.82) is 0 Å². The Kier molecular flexibility index (Phi) is 5.10. The smallest absolute Gasteiger partial charge is 0.256 e. The summed E-state index contributed by atoms with van der Waals surface area (Å²) in [5.41, 5.74) is 0.391. The van der Waals surface area contributed by atoms with Crippen LogP contribution in [0, 0.1) is 0 Å². The number of phenols is 1. The average Bonchev–Trinajstić information content (AvgIpc) is 2.49. The molecule has 5 N–H and O–H groups in total. The quantitative estimate of drug-likeness (QED) is 0.339. The number of nitrogens with zero attached hydrogens (tertiary/aromatic N) is 1. The Balaban J connectivity index is 2.00. The third kappa shape index (κ3) is 3.49. The Hall–Kier alpha value is -1.71. The number of para-hydroxylation sites is 1. The van der Waals surface area contributed by atoms with Crippen LogP contribution in [-0.4, -0.2) is 69.1 Å². The first-order valence-corrected chi connectivity index (χ1v) is 6.32. The van der Waals surface area contributed by atoms with Gasteiger partial charge in [-0.3, -0.25) is 0 Å². The van der Waals surface area contributed by atoms with Crippen LogP contribution in [0.1, 0.15) is 5.56 Å². The lowest BCUT2D eigenvalue weighted by atomic mass is 9.99. The number of rotatable bonds is 4. The number of hydrogen-bond donors (Lipinski definition) is 5. The van der Waals surface area contributed by atoms with E-state index in [2.05, 4.69) is 5.16 Å². The topological polar surface area (TPSA) is 132 Å². The standard InChI is InChI=1S/C13H17NO7/c15-6-9-10(17)11(18)12(19)13(20-9)21-14-5-7-3-1-2-4-8(7)16/h1-5,9-13,15-19H,6H2/b14-5+/t9?,10?,11-,12?,13-/m0/s1. The van der Waals surface area contributed by atoms with Crippen LogP contribution in [-0.2, 0) is 9.57 Å². The van der Waals surface area contributed by atoms with E-state index in [-0.39, 0.29) is 5.75 Å². The monoisotopic (exact) mass is 299 g/mol. The fourth-order valence-corrected chi connectivity index (χ4v) is 1.90. The summed E-state index contributed by atoms with van der Waals surface area (Å²) in [5.74, 6) is -0.00125. The number of oxime groups is 1. The van der Waals surface area contributed by atoms with E-state index >= 15 is 0 Å². The molecule has 2 rings (SSSR count). The van der Waals surface area contributed by atoms with Gasteiger partial charge in [0.25, 0.3) is 6.29 Å². The zero-order valence-electron chi connectivity index (χ0n) is 11.0. The van der Waals surface area contributed by atoms with Gasteiger partial charge in [0.1, 0.15) is 30.2 Å². The molecule has 1 aliphatic heterocycles. The van der Waals surface area contributed by atoms with Gasteiger partial charge < -0.3 is 35.1 Å². The van der Waals surface area contributed by atoms with Gasteiger partial charge in [0.05, 0.1) is 12.8 Å². The molecule has 0 aromatic heterocycles. The number of ether oxygens (including phenoxy) is 1. The molecule has 21 heavy (non-hydrogen) atoms. The maximum Gasteiger partial charge on any atom is 0.256 e. The molecule has 1 aromatic rings. The van der Waals surface area contributed by atoms with Crippen LogP contribution in [0.25, 0.3) is 0 Å². The van der Waals surface area contributed by atoms with Crippen LogP contribution in [0.3, 0.4) is 0 Å². The summed E-state index contributed by atoms with van der Waals surface area (Å²) in [4.78, 5) is 4.91. The summed E-state index contributed by atoms with van der Waals surface area (Å²) in [5, 5.41) is 51.0. The second-order valence-electron chi connectivity index (χ2n) is 4.60. The maximum atomic E-state index is 9.71. The molecule has 0 aliphatic carbocycles. The average molecular weight is 299 g/mol. The van der Waals surface area contributed by atoms with Crippen LogP contribution >= 0.6 is 0 Å².